The van der Waals surface area contributed by atoms with Crippen LogP contribution in [0.2, 0.25) is 0 Å². The van der Waals surface area contributed by atoms with E-state index in [1.165, 1.54) is 6.92 Å². The predicted molar refractivity (Wildman–Crippen MR) is 246 cm³/mol. The number of carbonyl (C=O) groups is 8. The summed E-state index contributed by atoms with van der Waals surface area (Å²) in [5.41, 5.74) is 7.38. The maximum atomic E-state index is 14.3. The highest BCUT2D eigenvalue weighted by Crippen LogP contribution is 2.20. The zero-order valence-corrected chi connectivity index (χ0v) is 38.9. The van der Waals surface area contributed by atoms with Gasteiger partial charge in [0.1, 0.15) is 42.4 Å². The first-order valence-corrected chi connectivity index (χ1v) is 22.2. The van der Waals surface area contributed by atoms with E-state index in [0.717, 1.165) is 16.6 Å². The van der Waals surface area contributed by atoms with Crippen LogP contribution in [-0.4, -0.2) is 125 Å². The summed E-state index contributed by atoms with van der Waals surface area (Å²) in [6.07, 6.45) is -0.0423. The van der Waals surface area contributed by atoms with Crippen molar-refractivity contribution in [2.75, 3.05) is 36.3 Å². The molecule has 65 heavy (non-hydrogen) atoms. The van der Waals surface area contributed by atoms with Crippen molar-refractivity contribution in [1.82, 2.24) is 36.9 Å². The number of ether oxygens (including phenoxy) is 1. The number of benzene rings is 2. The second-order valence-electron chi connectivity index (χ2n) is 16.7. The molecule has 19 nitrogen and oxygen atoms in total. The van der Waals surface area contributed by atoms with Crippen LogP contribution in [0.25, 0.3) is 10.9 Å². The first kappa shape index (κ1) is 53.3. The Kier molecular flexibility index (Phi) is 20.8. The molecular formula is C44H61Cl2N9O10. The average Bonchev–Trinajstić information content (AvgIpc) is 3.64. The number of carbonyl (C=O) groups excluding carboxylic acids is 7. The number of H-pyrrole nitrogens is 1. The fraction of sp³-hybridized carbons (Fsp3) is 0.500. The Balaban J connectivity index is 1.93. The van der Waals surface area contributed by atoms with Crippen LogP contribution in [0, 0.1) is 5.92 Å². The number of fused-ring (bicyclic) bond motifs is 1. The van der Waals surface area contributed by atoms with Gasteiger partial charge in [-0.3, -0.25) is 33.6 Å². The van der Waals surface area contributed by atoms with E-state index in [0.29, 0.717) is 36.0 Å². The van der Waals surface area contributed by atoms with Gasteiger partial charge in [-0.1, -0.05) is 44.2 Å². The van der Waals surface area contributed by atoms with Gasteiger partial charge in [0, 0.05) is 66.9 Å². The molecule has 10 N–H and O–H groups in total. The molecule has 0 fully saturated rings. The van der Waals surface area contributed by atoms with Gasteiger partial charge in [-0.2, -0.15) is 0 Å². The van der Waals surface area contributed by atoms with Gasteiger partial charge in [-0.25, -0.2) is 4.79 Å². The van der Waals surface area contributed by atoms with Gasteiger partial charge in [-0.15, -0.1) is 23.2 Å². The van der Waals surface area contributed by atoms with Crippen LogP contribution in [0.4, 0.5) is 10.5 Å². The molecule has 0 unspecified atom stereocenters. The van der Waals surface area contributed by atoms with E-state index in [-0.39, 0.29) is 25.7 Å². The van der Waals surface area contributed by atoms with Gasteiger partial charge >= 0.3 is 12.1 Å². The molecule has 356 valence electrons. The molecule has 0 saturated heterocycles. The second kappa shape index (κ2) is 25.4. The lowest BCUT2D eigenvalue weighted by Gasteiger charge is -2.27. The highest BCUT2D eigenvalue weighted by molar-refractivity contribution is 6.18. The lowest BCUT2D eigenvalue weighted by molar-refractivity contribution is -0.139. The van der Waals surface area contributed by atoms with Crippen LogP contribution in [0.1, 0.15) is 65.5 Å². The Morgan fingerprint density at radius 3 is 1.92 bits per heavy atom. The quantitative estimate of drug-likeness (QED) is 0.0556. The molecule has 0 aliphatic carbocycles. The highest BCUT2D eigenvalue weighted by atomic mass is 35.5. The number of hydrogen-bond donors (Lipinski definition) is 9. The Labute approximate surface area is 388 Å². The molecule has 1 heterocycles. The van der Waals surface area contributed by atoms with Crippen molar-refractivity contribution in [1.29, 1.82) is 0 Å². The van der Waals surface area contributed by atoms with Crippen molar-refractivity contribution in [2.24, 2.45) is 11.7 Å². The number of rotatable bonds is 25. The van der Waals surface area contributed by atoms with Gasteiger partial charge in [0.15, 0.2) is 0 Å². The summed E-state index contributed by atoms with van der Waals surface area (Å²) in [6, 6.07) is 7.88. The maximum absolute atomic E-state index is 14.3. The minimum atomic E-state index is -1.46. The monoisotopic (exact) mass is 945 g/mol. The minimum Gasteiger partial charge on any atom is -0.480 e. The minimum absolute atomic E-state index is 0.0506. The van der Waals surface area contributed by atoms with E-state index in [1.54, 1.807) is 59.0 Å². The number of nitrogens with one attached hydrogen (secondary N) is 7. The molecule has 3 aromatic rings. The number of aromatic nitrogens is 1. The zero-order valence-electron chi connectivity index (χ0n) is 37.4. The molecule has 0 saturated carbocycles. The lowest BCUT2D eigenvalue weighted by Crippen LogP contribution is -2.59. The van der Waals surface area contributed by atoms with Crippen molar-refractivity contribution in [3.05, 3.63) is 65.9 Å². The topological polar surface area (TPSA) is 283 Å². The summed E-state index contributed by atoms with van der Waals surface area (Å²) in [5, 5.41) is 25.0. The Bertz CT molecular complexity index is 2120. The van der Waals surface area contributed by atoms with Crippen molar-refractivity contribution in [3.8, 4) is 0 Å². The molecule has 21 heteroatoms. The molecule has 5 atom stereocenters. The van der Waals surface area contributed by atoms with Gasteiger partial charge in [0.05, 0.1) is 0 Å². The number of halogens is 2. The number of carboxylic acids is 1. The number of aromatic amines is 1. The van der Waals surface area contributed by atoms with E-state index in [2.05, 4.69) is 36.9 Å². The number of nitrogens with zero attached hydrogens (tertiary/aromatic N) is 1. The number of anilines is 1. The van der Waals surface area contributed by atoms with Crippen LogP contribution in [0.3, 0.4) is 0 Å². The van der Waals surface area contributed by atoms with Crippen LogP contribution in [0.15, 0.2) is 54.7 Å². The van der Waals surface area contributed by atoms with E-state index < -0.39 is 95.8 Å². The van der Waals surface area contributed by atoms with Crippen molar-refractivity contribution in [3.63, 3.8) is 0 Å². The number of primary amides is 1. The number of alkyl carbamates (subject to hydrolysis) is 1. The third-order valence-corrected chi connectivity index (χ3v) is 10.3. The van der Waals surface area contributed by atoms with Gasteiger partial charge in [0.25, 0.3) is 0 Å². The number of carboxylic acid groups (broad SMARTS) is 1. The Hall–Kier alpha value is -6.08. The van der Waals surface area contributed by atoms with Crippen molar-refractivity contribution < 1.29 is 48.2 Å². The van der Waals surface area contributed by atoms with E-state index in [9.17, 15) is 38.4 Å². The smallest absolute Gasteiger partial charge is 0.408 e. The van der Waals surface area contributed by atoms with Gasteiger partial charge in [-0.05, 0) is 69.4 Å². The Morgan fingerprint density at radius 1 is 0.754 bits per heavy atom. The molecule has 0 radical (unpaired) electrons. The van der Waals surface area contributed by atoms with E-state index in [1.807, 2.05) is 35.2 Å². The van der Waals surface area contributed by atoms with Crippen LogP contribution < -0.4 is 42.5 Å². The standard InChI is InChI=1S/C44H61Cl2N9O10/c1-25(2)37(42(63)49-24-36(57)58)54-38(59)26(3)50-40(61)34(22-28-23-48-31-10-8-7-9-30(28)31)52-39(60)32(15-16-35(47)56)51-41(62)33(53-43(64)65-44(4,5)6)21-27-11-13-29(14-12-27)55(19-17-45)20-18-46/h7-14,23,25-26,32-34,37,48H,15-22,24H2,1-6H3,(H2,47,56)(H,49,63)(H,50,61)(H,51,62)(H,52,60)(H,53,64)(H,54,59)(H,57,58)/t26-,32-,33-,34-,37-/m0/s1. The number of nitrogens with two attached hydrogens (primary N) is 1. The summed E-state index contributed by atoms with van der Waals surface area (Å²) in [7, 11) is 0. The fourth-order valence-electron chi connectivity index (χ4n) is 6.61. The largest absolute Gasteiger partial charge is 0.480 e. The molecule has 1 aromatic heterocycles. The molecule has 3 rings (SSSR count). The van der Waals surface area contributed by atoms with E-state index in [4.69, 9.17) is 38.8 Å². The van der Waals surface area contributed by atoms with Crippen molar-refractivity contribution >= 4 is 87.3 Å². The summed E-state index contributed by atoms with van der Waals surface area (Å²) in [6.45, 7) is 10.0. The fourth-order valence-corrected chi connectivity index (χ4v) is 7.01. The highest BCUT2D eigenvalue weighted by Gasteiger charge is 2.33. The first-order valence-electron chi connectivity index (χ1n) is 21.1. The van der Waals surface area contributed by atoms with E-state index >= 15 is 0 Å². The van der Waals surface area contributed by atoms with Gasteiger partial charge in [0.2, 0.25) is 35.4 Å². The molecule has 7 amide bonds. The van der Waals surface area contributed by atoms with Crippen LogP contribution >= 0.6 is 23.2 Å². The molecule has 0 bridgehead atoms. The molecule has 0 spiro atoms. The number of alkyl halides is 2. The van der Waals surface area contributed by atoms with Crippen molar-refractivity contribution in [2.45, 2.75) is 103 Å². The maximum Gasteiger partial charge on any atom is 0.408 e. The van der Waals surface area contributed by atoms with Crippen LogP contribution in [0.5, 0.6) is 0 Å². The number of hydrogen-bond acceptors (Lipinski definition) is 10. The lowest BCUT2D eigenvalue weighted by atomic mass is 10.0. The molecular weight excluding hydrogens is 885 g/mol. The summed E-state index contributed by atoms with van der Waals surface area (Å²) >= 11 is 12.0. The third-order valence-electron chi connectivity index (χ3n) is 9.91. The summed E-state index contributed by atoms with van der Waals surface area (Å²) in [5.74, 6) is -5.80. The normalized spacial score (nSPS) is 13.6. The molecule has 2 aromatic carbocycles. The second-order valence-corrected chi connectivity index (χ2v) is 17.5. The molecule has 0 aliphatic heterocycles. The van der Waals surface area contributed by atoms with Crippen LogP contribution in [-0.2, 0) is 51.1 Å². The number of amides is 7. The molecule has 0 aliphatic rings. The number of aliphatic carboxylic acids is 1. The SMILES string of the molecule is CC(C)[C@H](NC(=O)[C@H](C)NC(=O)[C@H](Cc1c[nH]c2ccccc12)NC(=O)[C@H](CCC(N)=O)NC(=O)[C@H](Cc1ccc(N(CCCl)CCCl)cc1)NC(=O)OC(C)(C)C)C(=O)NCC(=O)O. The van der Waals surface area contributed by atoms with Gasteiger partial charge < -0.3 is 57.4 Å². The zero-order chi connectivity index (χ0) is 48.4. The first-order chi connectivity index (χ1) is 30.6. The summed E-state index contributed by atoms with van der Waals surface area (Å²) in [4.78, 5) is 110. The predicted octanol–water partition coefficient (Wildman–Crippen LogP) is 2.21. The average molecular weight is 947 g/mol. The summed E-state index contributed by atoms with van der Waals surface area (Å²) < 4.78 is 5.44. The Morgan fingerprint density at radius 2 is 1.34 bits per heavy atom. The number of para-hydroxylation sites is 1. The third kappa shape index (κ3) is 17.8.